The van der Waals surface area contributed by atoms with Crippen molar-refractivity contribution in [1.29, 1.82) is 0 Å². The van der Waals surface area contributed by atoms with Crippen LogP contribution in [0, 0.1) is 0 Å². The Morgan fingerprint density at radius 3 is 2.55 bits per heavy atom. The number of rotatable bonds is 8. The molecule has 1 fully saturated rings. The van der Waals surface area contributed by atoms with Crippen LogP contribution in [0.15, 0.2) is 30.3 Å². The molecular weight excluding hydrogens is 248 g/mol. The molecule has 2 rings (SSSR count). The van der Waals surface area contributed by atoms with Gasteiger partial charge in [0.15, 0.2) is 0 Å². The maximum absolute atomic E-state index is 5.91. The molecule has 1 aromatic carbocycles. The number of nitrogens with two attached hydrogens (primary N) is 1. The first-order chi connectivity index (χ1) is 9.84. The Morgan fingerprint density at radius 1 is 1.05 bits per heavy atom. The van der Waals surface area contributed by atoms with Crippen LogP contribution < -0.4 is 5.73 Å². The average Bonchev–Trinajstić information content (AvgIpc) is 2.49. The molecule has 1 aromatic rings. The monoisotopic (exact) mass is 276 g/mol. The zero-order valence-electron chi connectivity index (χ0n) is 12.5. The van der Waals surface area contributed by atoms with Crippen LogP contribution in [0.2, 0.25) is 0 Å². The Kier molecular flexibility index (Phi) is 7.06. The van der Waals surface area contributed by atoms with Gasteiger partial charge in [-0.3, -0.25) is 0 Å². The predicted molar refractivity (Wildman–Crippen MR) is 83.8 cm³/mol. The van der Waals surface area contributed by atoms with Crippen LogP contribution in [-0.2, 0) is 11.2 Å². The number of nitrogens with zero attached hydrogens (tertiary/aromatic N) is 1. The van der Waals surface area contributed by atoms with Crippen molar-refractivity contribution in [3.63, 3.8) is 0 Å². The third-order valence-electron chi connectivity index (χ3n) is 4.02. The normalized spacial score (nSPS) is 17.4. The van der Waals surface area contributed by atoms with Gasteiger partial charge in [0.05, 0.1) is 6.61 Å². The molecule has 0 radical (unpaired) electrons. The van der Waals surface area contributed by atoms with Crippen molar-refractivity contribution in [1.82, 2.24) is 4.90 Å². The lowest BCUT2D eigenvalue weighted by Crippen LogP contribution is -2.40. The molecule has 0 amide bonds. The first-order valence-corrected chi connectivity index (χ1v) is 7.94. The lowest BCUT2D eigenvalue weighted by molar-refractivity contribution is 0.127. The molecule has 0 aromatic heterocycles. The van der Waals surface area contributed by atoms with Gasteiger partial charge >= 0.3 is 0 Å². The second-order valence-corrected chi connectivity index (χ2v) is 5.73. The lowest BCUT2D eigenvalue weighted by atomic mass is 10.1. The lowest BCUT2D eigenvalue weighted by Gasteiger charge is -2.29. The van der Waals surface area contributed by atoms with E-state index in [0.29, 0.717) is 6.04 Å². The molecule has 3 nitrogen and oxygen atoms in total. The molecule has 20 heavy (non-hydrogen) atoms. The molecule has 1 heterocycles. The topological polar surface area (TPSA) is 38.5 Å². The Labute approximate surface area is 123 Å². The van der Waals surface area contributed by atoms with Gasteiger partial charge < -0.3 is 15.4 Å². The van der Waals surface area contributed by atoms with Crippen LogP contribution in [0.3, 0.4) is 0 Å². The molecule has 1 aliphatic heterocycles. The Bertz CT molecular complexity index is 347. The van der Waals surface area contributed by atoms with Crippen molar-refractivity contribution in [3.05, 3.63) is 35.9 Å². The summed E-state index contributed by atoms with van der Waals surface area (Å²) in [5.74, 6) is 0. The average molecular weight is 276 g/mol. The van der Waals surface area contributed by atoms with E-state index in [1.807, 2.05) is 0 Å². The van der Waals surface area contributed by atoms with Gasteiger partial charge in [-0.05, 0) is 57.3 Å². The maximum Gasteiger partial charge on any atom is 0.0506 e. The minimum atomic E-state index is 0.438. The number of hydrogen-bond acceptors (Lipinski definition) is 3. The van der Waals surface area contributed by atoms with Crippen molar-refractivity contribution < 1.29 is 4.74 Å². The number of ether oxygens (including phenoxy) is 1. The highest BCUT2D eigenvalue weighted by Gasteiger charge is 2.14. The first-order valence-electron chi connectivity index (χ1n) is 7.94. The number of likely N-dealkylation sites (tertiary alicyclic amines) is 1. The van der Waals surface area contributed by atoms with E-state index in [0.717, 1.165) is 38.9 Å². The zero-order chi connectivity index (χ0) is 14.0. The summed E-state index contributed by atoms with van der Waals surface area (Å²) < 4.78 is 5.71. The van der Waals surface area contributed by atoms with Crippen LogP contribution >= 0.6 is 0 Å². The highest BCUT2D eigenvalue weighted by molar-refractivity contribution is 5.14. The first kappa shape index (κ1) is 15.5. The van der Waals surface area contributed by atoms with Crippen LogP contribution in [-0.4, -0.2) is 43.8 Å². The summed E-state index contributed by atoms with van der Waals surface area (Å²) in [7, 11) is 0. The van der Waals surface area contributed by atoms with Crippen LogP contribution in [0.4, 0.5) is 0 Å². The maximum atomic E-state index is 5.91. The largest absolute Gasteiger partial charge is 0.381 e. The molecule has 2 N–H and O–H groups in total. The van der Waals surface area contributed by atoms with E-state index < -0.39 is 0 Å². The van der Waals surface area contributed by atoms with Gasteiger partial charge in [0.1, 0.15) is 0 Å². The number of benzene rings is 1. The molecule has 0 spiro atoms. The van der Waals surface area contributed by atoms with E-state index in [9.17, 15) is 0 Å². The molecule has 1 saturated heterocycles. The van der Waals surface area contributed by atoms with Gasteiger partial charge in [0.25, 0.3) is 0 Å². The highest BCUT2D eigenvalue weighted by atomic mass is 16.5. The van der Waals surface area contributed by atoms with Crippen molar-refractivity contribution in [2.24, 2.45) is 5.73 Å². The molecule has 0 bridgehead atoms. The summed E-state index contributed by atoms with van der Waals surface area (Å²) in [4.78, 5) is 2.54. The third-order valence-corrected chi connectivity index (χ3v) is 4.02. The fraction of sp³-hybridized carbons (Fsp3) is 0.647. The molecule has 1 aliphatic rings. The second-order valence-electron chi connectivity index (χ2n) is 5.73. The van der Waals surface area contributed by atoms with Gasteiger partial charge in [-0.2, -0.15) is 0 Å². The summed E-state index contributed by atoms with van der Waals surface area (Å²) in [6, 6.07) is 11.0. The summed E-state index contributed by atoms with van der Waals surface area (Å²) in [5.41, 5.74) is 7.27. The van der Waals surface area contributed by atoms with Crippen molar-refractivity contribution in [2.45, 2.75) is 38.1 Å². The number of piperidine rings is 1. The predicted octanol–water partition coefficient (Wildman–Crippen LogP) is 2.45. The van der Waals surface area contributed by atoms with E-state index in [-0.39, 0.29) is 0 Å². The highest BCUT2D eigenvalue weighted by Crippen LogP contribution is 2.09. The molecule has 0 saturated carbocycles. The standard InChI is InChI=1S/C17H28N2O/c18-17-8-12-19(13-9-17)11-4-5-14-20-15-10-16-6-2-1-3-7-16/h1-3,6-7,17H,4-5,8-15,18H2. The fourth-order valence-corrected chi connectivity index (χ4v) is 2.65. The van der Waals surface area contributed by atoms with Gasteiger partial charge in [-0.1, -0.05) is 30.3 Å². The summed E-state index contributed by atoms with van der Waals surface area (Å²) in [6.45, 7) is 5.28. The van der Waals surface area contributed by atoms with E-state index in [4.69, 9.17) is 10.5 Å². The van der Waals surface area contributed by atoms with Gasteiger partial charge in [0.2, 0.25) is 0 Å². The summed E-state index contributed by atoms with van der Waals surface area (Å²) in [6.07, 6.45) is 5.74. The van der Waals surface area contributed by atoms with Crippen molar-refractivity contribution in [3.8, 4) is 0 Å². The minimum absolute atomic E-state index is 0.438. The van der Waals surface area contributed by atoms with Crippen molar-refractivity contribution in [2.75, 3.05) is 32.8 Å². The van der Waals surface area contributed by atoms with Gasteiger partial charge in [-0.25, -0.2) is 0 Å². The van der Waals surface area contributed by atoms with E-state index >= 15 is 0 Å². The molecule has 0 unspecified atom stereocenters. The minimum Gasteiger partial charge on any atom is -0.381 e. The molecule has 112 valence electrons. The summed E-state index contributed by atoms with van der Waals surface area (Å²) >= 11 is 0. The summed E-state index contributed by atoms with van der Waals surface area (Å²) in [5, 5.41) is 0. The Hall–Kier alpha value is -0.900. The van der Waals surface area contributed by atoms with E-state index in [1.165, 1.54) is 31.6 Å². The van der Waals surface area contributed by atoms with Crippen LogP contribution in [0.5, 0.6) is 0 Å². The fourth-order valence-electron chi connectivity index (χ4n) is 2.65. The second kappa shape index (κ2) is 9.11. The molecule has 0 aliphatic carbocycles. The van der Waals surface area contributed by atoms with Crippen LogP contribution in [0.25, 0.3) is 0 Å². The third kappa shape index (κ3) is 6.04. The SMILES string of the molecule is NC1CCN(CCCCOCCc2ccccc2)CC1. The van der Waals surface area contributed by atoms with Gasteiger partial charge in [-0.15, -0.1) is 0 Å². The smallest absolute Gasteiger partial charge is 0.0506 e. The molecular formula is C17H28N2O. The van der Waals surface area contributed by atoms with E-state index in [2.05, 4.69) is 35.2 Å². The van der Waals surface area contributed by atoms with Gasteiger partial charge in [0, 0.05) is 12.6 Å². The molecule has 0 atom stereocenters. The quantitative estimate of drug-likeness (QED) is 0.741. The Morgan fingerprint density at radius 2 is 1.80 bits per heavy atom. The Balaban J connectivity index is 1.42. The van der Waals surface area contributed by atoms with E-state index in [1.54, 1.807) is 0 Å². The number of unbranched alkanes of at least 4 members (excludes halogenated alkanes) is 1. The zero-order valence-corrected chi connectivity index (χ0v) is 12.5. The van der Waals surface area contributed by atoms with Crippen LogP contribution in [0.1, 0.15) is 31.2 Å². The number of hydrogen-bond donors (Lipinski definition) is 1. The van der Waals surface area contributed by atoms with Crippen molar-refractivity contribution >= 4 is 0 Å². The molecule has 3 heteroatoms.